The normalized spacial score (nSPS) is 24.4. The summed E-state index contributed by atoms with van der Waals surface area (Å²) in [6, 6.07) is 1.61. The molecule has 2 rings (SSSR count). The van der Waals surface area contributed by atoms with Crippen LogP contribution in [0, 0.1) is 0 Å². The van der Waals surface area contributed by atoms with Gasteiger partial charge in [0.2, 0.25) is 0 Å². The number of ether oxygens (including phenoxy) is 1. The van der Waals surface area contributed by atoms with Crippen LogP contribution < -0.4 is 0 Å². The first-order chi connectivity index (χ1) is 5.38. The largest absolute Gasteiger partial charge is 0.371 e. The summed E-state index contributed by atoms with van der Waals surface area (Å²) in [5.41, 5.74) is 0. The zero-order chi connectivity index (χ0) is 7.68. The number of rotatable bonds is 1. The second kappa shape index (κ2) is 2.47. The van der Waals surface area contributed by atoms with Crippen LogP contribution in [0.15, 0.2) is 18.5 Å². The molecule has 1 aliphatic rings. The Hall–Kier alpha value is -1.16. The van der Waals surface area contributed by atoms with Gasteiger partial charge in [0.05, 0.1) is 6.61 Å². The molecule has 1 aromatic heterocycles. The zero-order valence-corrected chi connectivity index (χ0v) is 5.93. The van der Waals surface area contributed by atoms with E-state index in [1.54, 1.807) is 23.1 Å². The summed E-state index contributed by atoms with van der Waals surface area (Å²) in [6.07, 6.45) is 3.43. The Morgan fingerprint density at radius 3 is 3.18 bits per heavy atom. The highest BCUT2D eigenvalue weighted by atomic mass is 16.5. The van der Waals surface area contributed by atoms with E-state index in [0.29, 0.717) is 6.61 Å². The molecule has 1 aromatic rings. The molecule has 0 bridgehead atoms. The van der Waals surface area contributed by atoms with E-state index in [4.69, 9.17) is 4.74 Å². The summed E-state index contributed by atoms with van der Waals surface area (Å²) in [7, 11) is 0. The van der Waals surface area contributed by atoms with Gasteiger partial charge in [0.25, 0.3) is 0 Å². The topological polar surface area (TPSA) is 44.1 Å². The van der Waals surface area contributed by atoms with Crippen molar-refractivity contribution < 1.29 is 9.53 Å². The first-order valence-electron chi connectivity index (χ1n) is 3.47. The van der Waals surface area contributed by atoms with Crippen molar-refractivity contribution in [2.45, 2.75) is 6.04 Å². The van der Waals surface area contributed by atoms with Crippen LogP contribution in [0.1, 0.15) is 6.04 Å². The van der Waals surface area contributed by atoms with Crippen molar-refractivity contribution in [2.24, 2.45) is 0 Å². The van der Waals surface area contributed by atoms with Crippen LogP contribution in [0.25, 0.3) is 0 Å². The highest BCUT2D eigenvalue weighted by Gasteiger charge is 2.26. The molecule has 1 fully saturated rings. The van der Waals surface area contributed by atoms with E-state index < -0.39 is 0 Å². The van der Waals surface area contributed by atoms with Gasteiger partial charge in [-0.15, -0.1) is 0 Å². The first-order valence-corrected chi connectivity index (χ1v) is 3.47. The van der Waals surface area contributed by atoms with Crippen LogP contribution >= 0.6 is 0 Å². The molecule has 1 saturated heterocycles. The Kier molecular flexibility index (Phi) is 1.47. The molecule has 1 unspecified atom stereocenters. The molecule has 4 heteroatoms. The molecular formula is C7H8N2O2. The van der Waals surface area contributed by atoms with Crippen LogP contribution in [-0.4, -0.2) is 28.8 Å². The van der Waals surface area contributed by atoms with E-state index in [0.717, 1.165) is 0 Å². The lowest BCUT2D eigenvalue weighted by molar-refractivity contribution is -0.120. The average molecular weight is 152 g/mol. The van der Waals surface area contributed by atoms with Crippen LogP contribution in [0.3, 0.4) is 0 Å². The van der Waals surface area contributed by atoms with Crippen LogP contribution in [-0.2, 0) is 9.53 Å². The van der Waals surface area contributed by atoms with Gasteiger partial charge < -0.3 is 4.74 Å². The molecular weight excluding hydrogens is 144 g/mol. The molecule has 0 saturated carbocycles. The van der Waals surface area contributed by atoms with Crippen molar-refractivity contribution in [1.29, 1.82) is 0 Å². The smallest absolute Gasteiger partial charge is 0.185 e. The molecule has 0 aliphatic carbocycles. The van der Waals surface area contributed by atoms with Gasteiger partial charge in [-0.2, -0.15) is 5.10 Å². The van der Waals surface area contributed by atoms with Crippen LogP contribution in [0.4, 0.5) is 0 Å². The van der Waals surface area contributed by atoms with Crippen LogP contribution in [0.2, 0.25) is 0 Å². The molecule has 1 atom stereocenters. The van der Waals surface area contributed by atoms with Crippen molar-refractivity contribution in [1.82, 2.24) is 9.78 Å². The third-order valence-corrected chi connectivity index (χ3v) is 1.74. The van der Waals surface area contributed by atoms with Crippen molar-refractivity contribution in [3.8, 4) is 0 Å². The molecule has 11 heavy (non-hydrogen) atoms. The molecule has 4 nitrogen and oxygen atoms in total. The number of aromatic nitrogens is 2. The van der Waals surface area contributed by atoms with E-state index in [1.165, 1.54) is 0 Å². The number of carbonyl (C=O) groups is 1. The Morgan fingerprint density at radius 1 is 1.73 bits per heavy atom. The number of hydrogen-bond donors (Lipinski definition) is 0. The van der Waals surface area contributed by atoms with Crippen molar-refractivity contribution in [3.63, 3.8) is 0 Å². The fourth-order valence-corrected chi connectivity index (χ4v) is 1.15. The number of carbonyl (C=O) groups excluding carboxylic acids is 1. The standard InChI is InChI=1S/C7H8N2O2/c10-7-5-11-4-6(7)9-3-1-2-8-9/h1-3,6H,4-5H2. The number of Topliss-reactive ketones (excluding diaryl/α,β-unsaturated/α-hetero) is 1. The summed E-state index contributed by atoms with van der Waals surface area (Å²) in [4.78, 5) is 11.1. The molecule has 0 aromatic carbocycles. The van der Waals surface area contributed by atoms with Gasteiger partial charge in [-0.1, -0.05) is 0 Å². The van der Waals surface area contributed by atoms with Gasteiger partial charge in [-0.3, -0.25) is 9.48 Å². The maximum absolute atomic E-state index is 11.1. The molecule has 2 heterocycles. The van der Waals surface area contributed by atoms with Crippen LogP contribution in [0.5, 0.6) is 0 Å². The van der Waals surface area contributed by atoms with E-state index in [-0.39, 0.29) is 18.4 Å². The van der Waals surface area contributed by atoms with Crippen molar-refractivity contribution in [2.75, 3.05) is 13.2 Å². The minimum atomic E-state index is -0.190. The Morgan fingerprint density at radius 2 is 2.64 bits per heavy atom. The van der Waals surface area contributed by atoms with Gasteiger partial charge in [0.1, 0.15) is 12.6 Å². The number of nitrogens with zero attached hydrogens (tertiary/aromatic N) is 2. The molecule has 0 spiro atoms. The van der Waals surface area contributed by atoms with E-state index >= 15 is 0 Å². The molecule has 58 valence electrons. The minimum Gasteiger partial charge on any atom is -0.371 e. The van der Waals surface area contributed by atoms with E-state index in [9.17, 15) is 4.79 Å². The summed E-state index contributed by atoms with van der Waals surface area (Å²) >= 11 is 0. The zero-order valence-electron chi connectivity index (χ0n) is 5.93. The summed E-state index contributed by atoms with van der Waals surface area (Å²) in [5.74, 6) is 0.105. The van der Waals surface area contributed by atoms with Gasteiger partial charge in [0.15, 0.2) is 5.78 Å². The number of hydrogen-bond acceptors (Lipinski definition) is 3. The van der Waals surface area contributed by atoms with Crippen molar-refractivity contribution >= 4 is 5.78 Å². The highest BCUT2D eigenvalue weighted by Crippen LogP contribution is 2.13. The van der Waals surface area contributed by atoms with Gasteiger partial charge >= 0.3 is 0 Å². The summed E-state index contributed by atoms with van der Waals surface area (Å²) in [6.45, 7) is 0.686. The lowest BCUT2D eigenvalue weighted by atomic mass is 10.2. The summed E-state index contributed by atoms with van der Waals surface area (Å²) in [5, 5.41) is 3.96. The minimum absolute atomic E-state index is 0.105. The predicted molar refractivity (Wildman–Crippen MR) is 37.1 cm³/mol. The molecule has 0 radical (unpaired) electrons. The quantitative estimate of drug-likeness (QED) is 0.570. The lowest BCUT2D eigenvalue weighted by Crippen LogP contribution is -2.17. The highest BCUT2D eigenvalue weighted by molar-refractivity contribution is 5.85. The third kappa shape index (κ3) is 1.05. The maximum Gasteiger partial charge on any atom is 0.185 e. The summed E-state index contributed by atoms with van der Waals surface area (Å²) < 4.78 is 6.62. The second-order valence-corrected chi connectivity index (χ2v) is 2.48. The average Bonchev–Trinajstić information content (AvgIpc) is 2.55. The number of ketones is 1. The fourth-order valence-electron chi connectivity index (χ4n) is 1.15. The van der Waals surface area contributed by atoms with E-state index in [1.807, 2.05) is 0 Å². The van der Waals surface area contributed by atoms with Gasteiger partial charge in [-0.05, 0) is 6.07 Å². The monoisotopic (exact) mass is 152 g/mol. The molecule has 0 N–H and O–H groups in total. The molecule has 0 amide bonds. The van der Waals surface area contributed by atoms with Crippen molar-refractivity contribution in [3.05, 3.63) is 18.5 Å². The Balaban J connectivity index is 2.23. The lowest BCUT2D eigenvalue weighted by Gasteiger charge is -2.04. The maximum atomic E-state index is 11.1. The van der Waals surface area contributed by atoms with Gasteiger partial charge in [-0.25, -0.2) is 0 Å². The first kappa shape index (κ1) is 6.54. The Bertz CT molecular complexity index is 255. The van der Waals surface area contributed by atoms with Gasteiger partial charge in [0, 0.05) is 12.4 Å². The third-order valence-electron chi connectivity index (χ3n) is 1.74. The Labute approximate surface area is 63.8 Å². The SMILES string of the molecule is O=C1COCC1n1cccn1. The molecule has 1 aliphatic heterocycles. The fraction of sp³-hybridized carbons (Fsp3) is 0.429. The van der Waals surface area contributed by atoms with E-state index in [2.05, 4.69) is 5.10 Å². The second-order valence-electron chi connectivity index (χ2n) is 2.48. The predicted octanol–water partition coefficient (Wildman–Crippen LogP) is 0.0235.